The molecule has 3 heterocycles. The molecule has 10 nitrogen and oxygen atoms in total. The van der Waals surface area contributed by atoms with Crippen molar-refractivity contribution >= 4 is 49.6 Å². The van der Waals surface area contributed by atoms with Crippen molar-refractivity contribution in [2.45, 2.75) is 88.2 Å². The van der Waals surface area contributed by atoms with Crippen LogP contribution in [0.3, 0.4) is 0 Å². The topological polar surface area (TPSA) is 108 Å². The zero-order valence-corrected chi connectivity index (χ0v) is 28.9. The normalized spacial score (nSPS) is 29.1. The zero-order chi connectivity index (χ0) is 32.1. The maximum atomic E-state index is 15.8. The van der Waals surface area contributed by atoms with E-state index in [1.165, 1.54) is 6.07 Å². The molecule has 242 valence electrons. The lowest BCUT2D eigenvalue weighted by Gasteiger charge is -2.37. The summed E-state index contributed by atoms with van der Waals surface area (Å²) >= 11 is 1.14. The van der Waals surface area contributed by atoms with Crippen molar-refractivity contribution in [2.24, 2.45) is 10.9 Å². The summed E-state index contributed by atoms with van der Waals surface area (Å²) in [4.78, 5) is 33.4. The number of carbonyl (C=O) groups is 2. The van der Waals surface area contributed by atoms with Gasteiger partial charge in [-0.1, -0.05) is 31.8 Å². The van der Waals surface area contributed by atoms with Crippen molar-refractivity contribution < 1.29 is 37.5 Å². The summed E-state index contributed by atoms with van der Waals surface area (Å²) in [5.74, 6) is -0.864. The van der Waals surface area contributed by atoms with Gasteiger partial charge < -0.3 is 28.4 Å². The van der Waals surface area contributed by atoms with E-state index >= 15 is 4.39 Å². The Morgan fingerprint density at radius 3 is 2.43 bits per heavy atom. The SMILES string of the molecule is CC1(C)OB(c2ccc(F)c([C@@]3(C)N=C(OC(=O)NCOCC[Si](C)(C)C)S[C@@]4(C(=O)N5CCOCC5)C[C@H]43)c2)OC1(C)C. The Bertz CT molecular complexity index is 1310. The van der Waals surface area contributed by atoms with Crippen molar-refractivity contribution in [3.05, 3.63) is 29.6 Å². The van der Waals surface area contributed by atoms with Crippen molar-refractivity contribution in [3.63, 3.8) is 0 Å². The van der Waals surface area contributed by atoms with Crippen LogP contribution in [0.25, 0.3) is 0 Å². The lowest BCUT2D eigenvalue weighted by atomic mass is 9.75. The number of amides is 2. The van der Waals surface area contributed by atoms with Crippen molar-refractivity contribution in [1.29, 1.82) is 0 Å². The lowest BCUT2D eigenvalue weighted by molar-refractivity contribution is -0.136. The van der Waals surface area contributed by atoms with Crippen LogP contribution < -0.4 is 10.8 Å². The molecule has 2 amide bonds. The van der Waals surface area contributed by atoms with Gasteiger partial charge in [-0.3, -0.25) is 10.1 Å². The molecule has 0 aromatic heterocycles. The van der Waals surface area contributed by atoms with E-state index in [9.17, 15) is 9.59 Å². The largest absolute Gasteiger partial charge is 0.494 e. The number of hydrogen-bond acceptors (Lipinski definition) is 9. The second-order valence-electron chi connectivity index (χ2n) is 14.4. The predicted molar refractivity (Wildman–Crippen MR) is 171 cm³/mol. The Morgan fingerprint density at radius 1 is 1.14 bits per heavy atom. The quantitative estimate of drug-likeness (QED) is 0.255. The van der Waals surface area contributed by atoms with Gasteiger partial charge >= 0.3 is 13.2 Å². The molecule has 1 saturated carbocycles. The van der Waals surface area contributed by atoms with Crippen LogP contribution >= 0.6 is 11.8 Å². The number of ether oxygens (including phenoxy) is 3. The van der Waals surface area contributed by atoms with E-state index in [2.05, 4.69) is 25.0 Å². The molecular weight excluding hydrogens is 604 g/mol. The zero-order valence-electron chi connectivity index (χ0n) is 27.1. The number of alkyl carbamates (subject to hydrolysis) is 1. The summed E-state index contributed by atoms with van der Waals surface area (Å²) in [5, 5.41) is 2.63. The summed E-state index contributed by atoms with van der Waals surface area (Å²) in [6.45, 7) is 18.8. The highest BCUT2D eigenvalue weighted by molar-refractivity contribution is 8.15. The standard InChI is InChI=1S/C30H45BFN3O7SSi/c1-27(2)28(3,4)42-31(41-27)20-9-10-22(32)21(17-20)29(5)23-18-30(23,24(36)35-11-13-38-14-12-35)43-26(34-29)40-25(37)33-19-39-15-16-44(6,7)8/h9-10,17,23H,11-16,18-19H2,1-8H3,(H,33,37)/t23-,29+,30-/m0/s1. The first kappa shape index (κ1) is 33.4. The van der Waals surface area contributed by atoms with Gasteiger partial charge in [0, 0.05) is 39.3 Å². The number of fused-ring (bicyclic) bond motifs is 1. The van der Waals surface area contributed by atoms with E-state index in [0.29, 0.717) is 50.4 Å². The summed E-state index contributed by atoms with van der Waals surface area (Å²) in [7, 11) is -1.97. The van der Waals surface area contributed by atoms with Crippen molar-refractivity contribution in [2.75, 3.05) is 39.6 Å². The summed E-state index contributed by atoms with van der Waals surface area (Å²) in [5.41, 5.74) is -1.39. The van der Waals surface area contributed by atoms with E-state index in [1.54, 1.807) is 24.0 Å². The van der Waals surface area contributed by atoms with Crippen LogP contribution in [-0.2, 0) is 33.9 Å². The number of benzene rings is 1. The number of nitrogens with zero attached hydrogens (tertiary/aromatic N) is 2. The number of halogens is 1. The van der Waals surface area contributed by atoms with Gasteiger partial charge in [0.2, 0.25) is 5.91 Å². The predicted octanol–water partition coefficient (Wildman–Crippen LogP) is 4.10. The minimum absolute atomic E-state index is 0.0102. The van der Waals surface area contributed by atoms with Gasteiger partial charge in [0.1, 0.15) is 17.3 Å². The Labute approximate surface area is 265 Å². The molecule has 0 spiro atoms. The first-order chi connectivity index (χ1) is 20.5. The van der Waals surface area contributed by atoms with E-state index in [1.807, 2.05) is 27.7 Å². The van der Waals surface area contributed by atoms with Crippen LogP contribution in [0.5, 0.6) is 0 Å². The molecule has 3 fully saturated rings. The third kappa shape index (κ3) is 6.61. The maximum Gasteiger partial charge on any atom is 0.494 e. The fourth-order valence-electron chi connectivity index (χ4n) is 5.79. The number of carbonyl (C=O) groups excluding carboxylic acids is 2. The van der Waals surface area contributed by atoms with Gasteiger partial charge in [-0.15, -0.1) is 0 Å². The molecule has 2 saturated heterocycles. The second kappa shape index (κ2) is 12.0. The molecule has 1 aromatic carbocycles. The number of rotatable bonds is 8. The van der Waals surface area contributed by atoms with Gasteiger partial charge in [-0.05, 0) is 70.4 Å². The summed E-state index contributed by atoms with van der Waals surface area (Å²) in [6.07, 6.45) is -0.284. The van der Waals surface area contributed by atoms with Gasteiger partial charge in [0.05, 0.1) is 30.0 Å². The van der Waals surface area contributed by atoms with Gasteiger partial charge in [0.25, 0.3) is 5.23 Å². The molecule has 0 bridgehead atoms. The maximum absolute atomic E-state index is 15.8. The van der Waals surface area contributed by atoms with E-state index in [0.717, 1.165) is 17.8 Å². The smallest absolute Gasteiger partial charge is 0.399 e. The van der Waals surface area contributed by atoms with Gasteiger partial charge in [-0.25, -0.2) is 14.2 Å². The molecule has 44 heavy (non-hydrogen) atoms. The highest BCUT2D eigenvalue weighted by Gasteiger charge is 2.72. The number of hydrogen-bond donors (Lipinski definition) is 1. The molecule has 1 aromatic rings. The fraction of sp³-hybridized carbons (Fsp3) is 0.700. The van der Waals surface area contributed by atoms with Crippen LogP contribution in [0.15, 0.2) is 23.2 Å². The highest BCUT2D eigenvalue weighted by Crippen LogP contribution is 2.67. The Kier molecular flexibility index (Phi) is 9.11. The molecule has 1 aliphatic carbocycles. The van der Waals surface area contributed by atoms with Crippen LogP contribution in [-0.4, -0.2) is 92.9 Å². The molecule has 14 heteroatoms. The number of nitrogens with one attached hydrogen (secondary N) is 1. The highest BCUT2D eigenvalue weighted by atomic mass is 32.2. The number of morpholine rings is 1. The molecule has 0 unspecified atom stereocenters. The van der Waals surface area contributed by atoms with Crippen LogP contribution in [0.1, 0.15) is 46.6 Å². The van der Waals surface area contributed by atoms with E-state index in [-0.39, 0.29) is 23.8 Å². The molecule has 4 aliphatic rings. The molecule has 1 N–H and O–H groups in total. The first-order valence-electron chi connectivity index (χ1n) is 15.3. The third-order valence-electron chi connectivity index (χ3n) is 9.40. The number of aliphatic imine (C=N–C) groups is 1. The second-order valence-corrected chi connectivity index (χ2v) is 21.3. The minimum Gasteiger partial charge on any atom is -0.399 e. The fourth-order valence-corrected chi connectivity index (χ4v) is 8.05. The average molecular weight is 650 g/mol. The van der Waals surface area contributed by atoms with Crippen LogP contribution in [0.4, 0.5) is 9.18 Å². The van der Waals surface area contributed by atoms with Gasteiger partial charge in [0.15, 0.2) is 0 Å². The first-order valence-corrected chi connectivity index (χ1v) is 19.8. The average Bonchev–Trinajstić information content (AvgIpc) is 3.64. The summed E-state index contributed by atoms with van der Waals surface area (Å²) in [6, 6.07) is 5.72. The summed E-state index contributed by atoms with van der Waals surface area (Å²) < 4.78 is 44.0. The minimum atomic E-state index is -1.27. The Balaban J connectivity index is 1.41. The molecule has 5 rings (SSSR count). The van der Waals surface area contributed by atoms with E-state index in [4.69, 9.17) is 28.5 Å². The van der Waals surface area contributed by atoms with Crippen molar-refractivity contribution in [1.82, 2.24) is 10.2 Å². The molecule has 0 radical (unpaired) electrons. The van der Waals surface area contributed by atoms with Crippen LogP contribution in [0, 0.1) is 11.7 Å². The third-order valence-corrected chi connectivity index (χ3v) is 12.4. The molecular formula is C30H45BFN3O7SSi. The van der Waals surface area contributed by atoms with Crippen LogP contribution in [0.2, 0.25) is 25.7 Å². The monoisotopic (exact) mass is 649 g/mol. The van der Waals surface area contributed by atoms with Gasteiger partial charge in [-0.2, -0.15) is 0 Å². The lowest BCUT2D eigenvalue weighted by Crippen LogP contribution is -2.49. The molecule has 3 aliphatic heterocycles. The Hall–Kier alpha value is -1.97. The van der Waals surface area contributed by atoms with Crippen molar-refractivity contribution in [3.8, 4) is 0 Å². The number of thioether (sulfide) groups is 1. The Morgan fingerprint density at radius 2 is 1.80 bits per heavy atom. The van der Waals surface area contributed by atoms with E-state index < -0.39 is 48.6 Å². The molecule has 3 atom stereocenters.